The first kappa shape index (κ1) is 17.4. The molecule has 0 aromatic rings. The first-order valence-electron chi connectivity index (χ1n) is 9.66. The van der Waals surface area contributed by atoms with Crippen molar-refractivity contribution in [2.75, 3.05) is 0 Å². The minimum Gasteiger partial charge on any atom is -0.481 e. The predicted molar refractivity (Wildman–Crippen MR) is 95.8 cm³/mol. The second-order valence-corrected chi connectivity index (χ2v) is 9.70. The molecule has 6 atom stereocenters. The van der Waals surface area contributed by atoms with E-state index in [1.807, 2.05) is 0 Å². The number of carboxylic acid groups (broad SMARTS) is 1. The second-order valence-electron chi connectivity index (χ2n) is 9.24. The molecule has 0 radical (unpaired) electrons. The SMILES string of the molecule is C[C@]12CCC(=O)NC1=C(Cl)CC1C2CC[C@@]2(C)C1CC[C@@H]2CC(=O)O. The summed E-state index contributed by atoms with van der Waals surface area (Å²) >= 11 is 6.69. The van der Waals surface area contributed by atoms with Crippen LogP contribution in [-0.2, 0) is 9.59 Å². The van der Waals surface area contributed by atoms with E-state index < -0.39 is 5.97 Å². The second kappa shape index (κ2) is 5.73. The van der Waals surface area contributed by atoms with Gasteiger partial charge in [0.2, 0.25) is 5.91 Å². The molecule has 4 aliphatic rings. The lowest BCUT2D eigenvalue weighted by molar-refractivity contribution is -0.140. The van der Waals surface area contributed by atoms with Gasteiger partial charge < -0.3 is 10.4 Å². The van der Waals surface area contributed by atoms with Crippen LogP contribution in [0.2, 0.25) is 0 Å². The van der Waals surface area contributed by atoms with Crippen LogP contribution in [0, 0.1) is 34.5 Å². The Morgan fingerprint density at radius 2 is 2.00 bits per heavy atom. The summed E-state index contributed by atoms with van der Waals surface area (Å²) in [6.07, 6.45) is 6.98. The first-order valence-corrected chi connectivity index (χ1v) is 10.0. The highest BCUT2D eigenvalue weighted by Crippen LogP contribution is 2.66. The molecule has 1 saturated heterocycles. The van der Waals surface area contributed by atoms with Gasteiger partial charge in [0.15, 0.2) is 0 Å². The fourth-order valence-electron chi connectivity index (χ4n) is 6.92. The van der Waals surface area contributed by atoms with Crippen LogP contribution in [0.4, 0.5) is 0 Å². The number of piperidine rings is 1. The Morgan fingerprint density at radius 3 is 2.72 bits per heavy atom. The number of carboxylic acids is 1. The van der Waals surface area contributed by atoms with Crippen molar-refractivity contribution in [3.05, 3.63) is 10.7 Å². The molecule has 1 amide bonds. The van der Waals surface area contributed by atoms with Crippen LogP contribution in [0.15, 0.2) is 10.7 Å². The number of carbonyl (C=O) groups excluding carboxylic acids is 1. The minimum absolute atomic E-state index is 0.0277. The molecule has 1 aliphatic heterocycles. The van der Waals surface area contributed by atoms with Gasteiger partial charge in [0.25, 0.3) is 0 Å². The van der Waals surface area contributed by atoms with Crippen LogP contribution in [0.5, 0.6) is 0 Å². The van der Waals surface area contributed by atoms with Crippen molar-refractivity contribution in [3.8, 4) is 0 Å². The summed E-state index contributed by atoms with van der Waals surface area (Å²) in [4.78, 5) is 23.2. The van der Waals surface area contributed by atoms with E-state index in [1.54, 1.807) is 0 Å². The summed E-state index contributed by atoms with van der Waals surface area (Å²) in [5.41, 5.74) is 1.08. The Hall–Kier alpha value is -1.03. The van der Waals surface area contributed by atoms with Gasteiger partial charge in [-0.1, -0.05) is 25.4 Å². The lowest BCUT2D eigenvalue weighted by Gasteiger charge is -2.57. The molecule has 4 nitrogen and oxygen atoms in total. The summed E-state index contributed by atoms with van der Waals surface area (Å²) in [5, 5.41) is 13.2. The number of halogens is 1. The molecule has 2 N–H and O–H groups in total. The molecule has 0 bridgehead atoms. The van der Waals surface area contributed by atoms with Crippen molar-refractivity contribution >= 4 is 23.5 Å². The molecule has 3 aliphatic carbocycles. The van der Waals surface area contributed by atoms with Gasteiger partial charge in [-0.2, -0.15) is 0 Å². The lowest BCUT2D eigenvalue weighted by Crippen LogP contribution is -2.54. The van der Waals surface area contributed by atoms with Gasteiger partial charge in [-0.3, -0.25) is 9.59 Å². The summed E-state index contributed by atoms with van der Waals surface area (Å²) in [6.45, 7) is 4.61. The van der Waals surface area contributed by atoms with Crippen LogP contribution < -0.4 is 5.32 Å². The monoisotopic (exact) mass is 365 g/mol. The molecule has 0 aromatic heterocycles. The van der Waals surface area contributed by atoms with Crippen LogP contribution in [0.25, 0.3) is 0 Å². The topological polar surface area (TPSA) is 66.4 Å². The van der Waals surface area contributed by atoms with E-state index in [2.05, 4.69) is 19.2 Å². The number of hydrogen-bond acceptors (Lipinski definition) is 2. The van der Waals surface area contributed by atoms with Crippen LogP contribution in [0.1, 0.15) is 65.2 Å². The van der Waals surface area contributed by atoms with Gasteiger partial charge in [0.1, 0.15) is 0 Å². The van der Waals surface area contributed by atoms with Crippen LogP contribution >= 0.6 is 11.6 Å². The van der Waals surface area contributed by atoms with Crippen molar-refractivity contribution in [1.29, 1.82) is 0 Å². The molecule has 138 valence electrons. The van der Waals surface area contributed by atoms with Crippen LogP contribution in [0.3, 0.4) is 0 Å². The third-order valence-electron chi connectivity index (χ3n) is 8.27. The van der Waals surface area contributed by atoms with E-state index in [4.69, 9.17) is 11.6 Å². The highest BCUT2D eigenvalue weighted by atomic mass is 35.5. The number of rotatable bonds is 2. The van der Waals surface area contributed by atoms with E-state index in [0.29, 0.717) is 36.5 Å². The number of amides is 1. The largest absolute Gasteiger partial charge is 0.481 e. The number of nitrogens with one attached hydrogen (secondary N) is 1. The molecule has 5 heteroatoms. The zero-order valence-corrected chi connectivity index (χ0v) is 15.9. The Balaban J connectivity index is 1.67. The normalized spacial score (nSPS) is 46.1. The van der Waals surface area contributed by atoms with Gasteiger partial charge >= 0.3 is 5.97 Å². The van der Waals surface area contributed by atoms with Gasteiger partial charge in [-0.05, 0) is 67.6 Å². The fourth-order valence-corrected chi connectivity index (χ4v) is 7.36. The number of allylic oxidation sites excluding steroid dienone is 2. The Bertz CT molecular complexity index is 659. The molecule has 0 aromatic carbocycles. The minimum atomic E-state index is -0.667. The number of fused-ring (bicyclic) bond motifs is 5. The molecule has 1 heterocycles. The quantitative estimate of drug-likeness (QED) is 0.767. The average molecular weight is 366 g/mol. The van der Waals surface area contributed by atoms with Crippen molar-refractivity contribution < 1.29 is 14.7 Å². The zero-order valence-electron chi connectivity index (χ0n) is 15.1. The van der Waals surface area contributed by atoms with E-state index >= 15 is 0 Å². The molecule has 3 unspecified atom stereocenters. The predicted octanol–water partition coefficient (Wildman–Crippen LogP) is 4.29. The Labute approximate surface area is 154 Å². The summed E-state index contributed by atoms with van der Waals surface area (Å²) < 4.78 is 0. The van der Waals surface area contributed by atoms with Gasteiger partial charge in [0.05, 0.1) is 0 Å². The summed E-state index contributed by atoms with van der Waals surface area (Å²) in [5.74, 6) is 1.34. The maximum Gasteiger partial charge on any atom is 0.303 e. The summed E-state index contributed by atoms with van der Waals surface area (Å²) in [7, 11) is 0. The van der Waals surface area contributed by atoms with E-state index in [0.717, 1.165) is 49.3 Å². The van der Waals surface area contributed by atoms with Crippen molar-refractivity contribution in [3.63, 3.8) is 0 Å². The highest BCUT2D eigenvalue weighted by molar-refractivity contribution is 6.30. The first-order chi connectivity index (χ1) is 11.8. The molecule has 2 saturated carbocycles. The molecular weight excluding hydrogens is 338 g/mol. The lowest BCUT2D eigenvalue weighted by atomic mass is 9.49. The Kier molecular flexibility index (Phi) is 3.99. The molecule has 3 fully saturated rings. The highest BCUT2D eigenvalue weighted by Gasteiger charge is 2.59. The molecular formula is C20H28ClNO3. The standard InChI is InChI=1S/C20H28ClNO3/c1-19-7-5-14-12(13(19)4-3-11(19)9-17(24)25)10-15(21)18-20(14,2)8-6-16(23)22-18/h11-14H,3-10H2,1-2H3,(H,22,23)(H,24,25)/t11-,12?,13?,14?,19-,20-/m1/s1. The third kappa shape index (κ3) is 2.47. The fraction of sp³-hybridized carbons (Fsp3) is 0.800. The van der Waals surface area contributed by atoms with Crippen LogP contribution in [-0.4, -0.2) is 17.0 Å². The average Bonchev–Trinajstić information content (AvgIpc) is 2.86. The Morgan fingerprint density at radius 1 is 1.24 bits per heavy atom. The molecule has 0 spiro atoms. The number of hydrogen-bond donors (Lipinski definition) is 2. The van der Waals surface area contributed by atoms with Crippen molar-refractivity contribution in [2.24, 2.45) is 34.5 Å². The summed E-state index contributed by atoms with van der Waals surface area (Å²) in [6, 6.07) is 0. The van der Waals surface area contributed by atoms with Gasteiger partial charge in [-0.25, -0.2) is 0 Å². The zero-order chi connectivity index (χ0) is 18.0. The van der Waals surface area contributed by atoms with Gasteiger partial charge in [0, 0.05) is 29.0 Å². The van der Waals surface area contributed by atoms with E-state index in [9.17, 15) is 14.7 Å². The maximum atomic E-state index is 11.9. The number of aliphatic carboxylic acids is 1. The molecule has 4 rings (SSSR count). The van der Waals surface area contributed by atoms with Gasteiger partial charge in [-0.15, -0.1) is 0 Å². The maximum absolute atomic E-state index is 11.9. The van der Waals surface area contributed by atoms with Crippen molar-refractivity contribution in [2.45, 2.75) is 65.2 Å². The van der Waals surface area contributed by atoms with E-state index in [-0.39, 0.29) is 16.7 Å². The number of carbonyl (C=O) groups is 2. The smallest absolute Gasteiger partial charge is 0.303 e. The molecule has 25 heavy (non-hydrogen) atoms. The third-order valence-corrected chi connectivity index (χ3v) is 8.61. The van der Waals surface area contributed by atoms with Crippen molar-refractivity contribution in [1.82, 2.24) is 5.32 Å². The van der Waals surface area contributed by atoms with E-state index in [1.165, 1.54) is 0 Å².